The SMILES string of the molecule is CC(=O)O/N=C(/C)c1ccc(Sc2ccc(C(=O)c3cc4cc(C(C)(C)CC(C)C)ccc4o3)cc2)cc1. The van der Waals surface area contributed by atoms with E-state index in [0.29, 0.717) is 23.0 Å². The number of fused-ring (bicyclic) bond motifs is 1. The molecule has 38 heavy (non-hydrogen) atoms. The molecule has 4 rings (SSSR count). The Kier molecular flexibility index (Phi) is 8.22. The van der Waals surface area contributed by atoms with Crippen LogP contribution in [0.1, 0.15) is 75.2 Å². The zero-order valence-corrected chi connectivity index (χ0v) is 23.5. The van der Waals surface area contributed by atoms with E-state index in [-0.39, 0.29) is 11.2 Å². The van der Waals surface area contributed by atoms with Crippen LogP contribution in [0, 0.1) is 5.92 Å². The Morgan fingerprint density at radius 2 is 1.50 bits per heavy atom. The minimum atomic E-state index is -0.450. The highest BCUT2D eigenvalue weighted by molar-refractivity contribution is 7.99. The number of hydrogen-bond acceptors (Lipinski definition) is 6. The van der Waals surface area contributed by atoms with Crippen molar-refractivity contribution in [3.05, 3.63) is 95.2 Å². The largest absolute Gasteiger partial charge is 0.453 e. The van der Waals surface area contributed by atoms with E-state index in [0.717, 1.165) is 32.7 Å². The topological polar surface area (TPSA) is 68.9 Å². The maximum absolute atomic E-state index is 13.2. The lowest BCUT2D eigenvalue weighted by Gasteiger charge is -2.27. The summed E-state index contributed by atoms with van der Waals surface area (Å²) in [7, 11) is 0. The molecule has 3 aromatic carbocycles. The number of oxime groups is 1. The van der Waals surface area contributed by atoms with Crippen LogP contribution in [-0.2, 0) is 15.0 Å². The Bertz CT molecular complexity index is 1480. The van der Waals surface area contributed by atoms with E-state index in [1.165, 1.54) is 12.5 Å². The van der Waals surface area contributed by atoms with Gasteiger partial charge in [0, 0.05) is 27.7 Å². The third-order valence-electron chi connectivity index (χ3n) is 6.38. The van der Waals surface area contributed by atoms with Gasteiger partial charge >= 0.3 is 5.97 Å². The maximum Gasteiger partial charge on any atom is 0.331 e. The molecule has 196 valence electrons. The van der Waals surface area contributed by atoms with Crippen molar-refractivity contribution >= 4 is 40.2 Å². The van der Waals surface area contributed by atoms with Gasteiger partial charge in [-0.05, 0) is 90.4 Å². The molecular formula is C32H33NO4S. The van der Waals surface area contributed by atoms with Gasteiger partial charge in [-0.2, -0.15) is 0 Å². The van der Waals surface area contributed by atoms with Crippen LogP contribution in [0.4, 0.5) is 0 Å². The second-order valence-corrected chi connectivity index (χ2v) is 11.7. The summed E-state index contributed by atoms with van der Waals surface area (Å²) in [5.41, 5.74) is 4.11. The molecule has 0 bridgehead atoms. The zero-order valence-electron chi connectivity index (χ0n) is 22.7. The summed E-state index contributed by atoms with van der Waals surface area (Å²) in [6, 6.07) is 23.4. The molecule has 0 atom stereocenters. The predicted octanol–water partition coefficient (Wildman–Crippen LogP) is 8.43. The average molecular weight is 528 g/mol. The first-order valence-corrected chi connectivity index (χ1v) is 13.5. The number of nitrogens with zero attached hydrogens (tertiary/aromatic N) is 1. The molecule has 4 aromatic rings. The molecule has 0 unspecified atom stereocenters. The summed E-state index contributed by atoms with van der Waals surface area (Å²) < 4.78 is 5.93. The van der Waals surface area contributed by atoms with Gasteiger partial charge in [0.05, 0.1) is 5.71 Å². The fraction of sp³-hybridized carbons (Fsp3) is 0.281. The third kappa shape index (κ3) is 6.62. The average Bonchev–Trinajstić information content (AvgIpc) is 3.30. The summed E-state index contributed by atoms with van der Waals surface area (Å²) in [6.07, 6.45) is 1.08. The lowest BCUT2D eigenvalue weighted by molar-refractivity contribution is -0.140. The number of furan rings is 1. The fourth-order valence-electron chi connectivity index (χ4n) is 4.62. The van der Waals surface area contributed by atoms with Crippen molar-refractivity contribution in [1.82, 2.24) is 0 Å². The van der Waals surface area contributed by atoms with Gasteiger partial charge in [0.15, 0.2) is 5.76 Å². The van der Waals surface area contributed by atoms with Crippen LogP contribution in [0.3, 0.4) is 0 Å². The molecule has 0 spiro atoms. The molecule has 1 aromatic heterocycles. The molecule has 0 aliphatic heterocycles. The van der Waals surface area contributed by atoms with Crippen molar-refractivity contribution in [3.63, 3.8) is 0 Å². The molecule has 0 saturated heterocycles. The first-order chi connectivity index (χ1) is 18.0. The van der Waals surface area contributed by atoms with Crippen LogP contribution in [-0.4, -0.2) is 17.5 Å². The minimum absolute atomic E-state index is 0.0495. The smallest absolute Gasteiger partial charge is 0.331 e. The van der Waals surface area contributed by atoms with Gasteiger partial charge in [-0.1, -0.05) is 62.8 Å². The predicted molar refractivity (Wildman–Crippen MR) is 153 cm³/mol. The quantitative estimate of drug-likeness (QED) is 0.0945. The number of ketones is 1. The summed E-state index contributed by atoms with van der Waals surface area (Å²) in [6.45, 7) is 12.1. The van der Waals surface area contributed by atoms with Crippen LogP contribution in [0.25, 0.3) is 11.0 Å². The van der Waals surface area contributed by atoms with Gasteiger partial charge in [-0.15, -0.1) is 0 Å². The number of carbonyl (C=O) groups excluding carboxylic acids is 2. The van der Waals surface area contributed by atoms with Gasteiger partial charge in [-0.25, -0.2) is 4.79 Å². The Morgan fingerprint density at radius 1 is 0.895 bits per heavy atom. The molecular weight excluding hydrogens is 494 g/mol. The van der Waals surface area contributed by atoms with Gasteiger partial charge < -0.3 is 9.25 Å². The molecule has 0 radical (unpaired) electrons. The number of hydrogen-bond donors (Lipinski definition) is 0. The standard InChI is InChI=1S/C32H33NO4S/c1-20(2)19-32(5,6)26-11-16-29-25(17-26)18-30(36-29)31(35)24-9-14-28(15-10-24)38-27-12-7-23(8-13-27)21(3)33-37-22(4)34/h7-18,20H,19H2,1-6H3/b33-21-. The van der Waals surface area contributed by atoms with Crippen LogP contribution in [0.15, 0.2) is 92.2 Å². The molecule has 0 fully saturated rings. The molecule has 6 heteroatoms. The number of benzene rings is 3. The van der Waals surface area contributed by atoms with E-state index in [1.807, 2.05) is 60.7 Å². The normalized spacial score (nSPS) is 12.2. The van der Waals surface area contributed by atoms with Crippen molar-refractivity contribution in [1.29, 1.82) is 0 Å². The highest BCUT2D eigenvalue weighted by Crippen LogP contribution is 2.34. The summed E-state index contributed by atoms with van der Waals surface area (Å²) in [5, 5.41) is 4.77. The van der Waals surface area contributed by atoms with Gasteiger partial charge in [0.2, 0.25) is 5.78 Å². The number of rotatable bonds is 9. The molecule has 0 amide bonds. The second kappa shape index (κ2) is 11.4. The van der Waals surface area contributed by atoms with Crippen LogP contribution in [0.5, 0.6) is 0 Å². The monoisotopic (exact) mass is 527 g/mol. The van der Waals surface area contributed by atoms with E-state index < -0.39 is 5.97 Å². The molecule has 0 N–H and O–H groups in total. The maximum atomic E-state index is 13.2. The third-order valence-corrected chi connectivity index (χ3v) is 7.39. The minimum Gasteiger partial charge on any atom is -0.453 e. The lowest BCUT2D eigenvalue weighted by Crippen LogP contribution is -2.19. The van der Waals surface area contributed by atoms with E-state index in [4.69, 9.17) is 9.25 Å². The van der Waals surface area contributed by atoms with E-state index >= 15 is 0 Å². The van der Waals surface area contributed by atoms with Crippen LogP contribution in [0.2, 0.25) is 0 Å². The Balaban J connectivity index is 1.45. The number of carbonyl (C=O) groups is 2. The summed E-state index contributed by atoms with van der Waals surface area (Å²) in [5.74, 6) is 0.363. The van der Waals surface area contributed by atoms with E-state index in [2.05, 4.69) is 45.0 Å². The highest BCUT2D eigenvalue weighted by atomic mass is 32.2. The first kappa shape index (κ1) is 27.4. The lowest BCUT2D eigenvalue weighted by atomic mass is 9.78. The van der Waals surface area contributed by atoms with Crippen LogP contribution < -0.4 is 0 Å². The zero-order chi connectivity index (χ0) is 27.4. The van der Waals surface area contributed by atoms with Crippen molar-refractivity contribution < 1.29 is 18.8 Å². The highest BCUT2D eigenvalue weighted by Gasteiger charge is 2.23. The van der Waals surface area contributed by atoms with Crippen LogP contribution >= 0.6 is 11.8 Å². The van der Waals surface area contributed by atoms with Gasteiger partial charge in [-0.3, -0.25) is 4.79 Å². The van der Waals surface area contributed by atoms with Crippen molar-refractivity contribution in [2.75, 3.05) is 0 Å². The molecule has 1 heterocycles. The Hall–Kier alpha value is -3.64. The molecule has 0 saturated carbocycles. The van der Waals surface area contributed by atoms with Gasteiger partial charge in [0.25, 0.3) is 0 Å². The van der Waals surface area contributed by atoms with Crippen molar-refractivity contribution in [2.45, 2.75) is 63.2 Å². The first-order valence-electron chi connectivity index (χ1n) is 12.7. The van der Waals surface area contributed by atoms with Crippen molar-refractivity contribution in [2.24, 2.45) is 11.1 Å². The Morgan fingerprint density at radius 3 is 2.08 bits per heavy atom. The van der Waals surface area contributed by atoms with Gasteiger partial charge in [0.1, 0.15) is 5.58 Å². The molecule has 0 aliphatic rings. The molecule has 5 nitrogen and oxygen atoms in total. The van der Waals surface area contributed by atoms with E-state index in [9.17, 15) is 9.59 Å². The van der Waals surface area contributed by atoms with E-state index in [1.54, 1.807) is 18.7 Å². The second-order valence-electron chi connectivity index (χ2n) is 10.6. The molecule has 0 aliphatic carbocycles. The summed E-state index contributed by atoms with van der Waals surface area (Å²) in [4.78, 5) is 30.9. The van der Waals surface area contributed by atoms with Crippen molar-refractivity contribution in [3.8, 4) is 0 Å². The summed E-state index contributed by atoms with van der Waals surface area (Å²) >= 11 is 1.59. The fourth-order valence-corrected chi connectivity index (χ4v) is 5.43. The Labute approximate surface area is 228 Å².